The first-order valence-corrected chi connectivity index (χ1v) is 13.0. The summed E-state index contributed by atoms with van der Waals surface area (Å²) in [7, 11) is 0.994. The number of carbonyl (C=O) groups excluding carboxylic acids is 2. The standard InChI is InChI=1S/C21H28N6O3S2/c1-23-21(19(22)29)7-9-27(10-8-21)17-5-3-2-4-15(17)25-18(28)16-12-31-20(26-16)24-14-6-11-32(30)13-14/h2-5,12,14,23H,6-11,13H2,1H3,(H2,22,29)(H,24,26)(H,25,28). The zero-order valence-electron chi connectivity index (χ0n) is 17.9. The van der Waals surface area contributed by atoms with Crippen LogP contribution < -0.4 is 26.6 Å². The molecular weight excluding hydrogens is 448 g/mol. The third-order valence-corrected chi connectivity index (χ3v) is 8.44. The Balaban J connectivity index is 1.42. The summed E-state index contributed by atoms with van der Waals surface area (Å²) in [6.45, 7) is 1.29. The third kappa shape index (κ3) is 4.79. The van der Waals surface area contributed by atoms with Crippen LogP contribution in [-0.4, -0.2) is 64.2 Å². The zero-order chi connectivity index (χ0) is 22.7. The number of anilines is 3. The van der Waals surface area contributed by atoms with Crippen LogP contribution in [-0.2, 0) is 15.6 Å². The average Bonchev–Trinajstić information content (AvgIpc) is 3.43. The highest BCUT2D eigenvalue weighted by molar-refractivity contribution is 7.85. The van der Waals surface area contributed by atoms with Crippen molar-refractivity contribution in [2.45, 2.75) is 30.8 Å². The first-order chi connectivity index (χ1) is 15.4. The fraction of sp³-hybridized carbons (Fsp3) is 0.476. The highest BCUT2D eigenvalue weighted by atomic mass is 32.2. The first-order valence-electron chi connectivity index (χ1n) is 10.6. The van der Waals surface area contributed by atoms with Gasteiger partial charge in [-0.1, -0.05) is 12.1 Å². The number of hydrogen-bond acceptors (Lipinski definition) is 8. The summed E-state index contributed by atoms with van der Waals surface area (Å²) in [6.07, 6.45) is 2.03. The molecule has 1 aromatic heterocycles. The van der Waals surface area contributed by atoms with E-state index in [0.29, 0.717) is 53.9 Å². The van der Waals surface area contributed by atoms with Crippen LogP contribution in [0.2, 0.25) is 0 Å². The predicted octanol–water partition coefficient (Wildman–Crippen LogP) is 1.37. The van der Waals surface area contributed by atoms with Gasteiger partial charge in [-0.15, -0.1) is 11.3 Å². The molecular formula is C21H28N6O3S2. The molecule has 32 heavy (non-hydrogen) atoms. The Labute approximate surface area is 193 Å². The maximum atomic E-state index is 12.9. The van der Waals surface area contributed by atoms with Gasteiger partial charge in [0.05, 0.1) is 11.4 Å². The maximum Gasteiger partial charge on any atom is 0.275 e. The van der Waals surface area contributed by atoms with Crippen molar-refractivity contribution in [1.29, 1.82) is 0 Å². The smallest absolute Gasteiger partial charge is 0.275 e. The Morgan fingerprint density at radius 3 is 2.69 bits per heavy atom. The number of thiazole rings is 1. The Morgan fingerprint density at radius 1 is 1.28 bits per heavy atom. The van der Waals surface area contributed by atoms with Crippen LogP contribution in [0.5, 0.6) is 0 Å². The minimum atomic E-state index is -0.768. The van der Waals surface area contributed by atoms with E-state index in [2.05, 4.69) is 25.8 Å². The zero-order valence-corrected chi connectivity index (χ0v) is 19.6. The van der Waals surface area contributed by atoms with E-state index >= 15 is 0 Å². The predicted molar refractivity (Wildman–Crippen MR) is 129 cm³/mol. The number of rotatable bonds is 7. The SMILES string of the molecule is CNC1(C(N)=O)CCN(c2ccccc2NC(=O)c2csc(NC3CCS(=O)C3)n2)CC1. The molecule has 0 spiro atoms. The normalized spacial score (nSPS) is 22.5. The summed E-state index contributed by atoms with van der Waals surface area (Å²) in [5.41, 5.74) is 6.86. The molecule has 0 saturated carbocycles. The number of hydrogen-bond donors (Lipinski definition) is 4. The van der Waals surface area contributed by atoms with E-state index in [9.17, 15) is 13.8 Å². The molecule has 0 radical (unpaired) electrons. The second-order valence-electron chi connectivity index (χ2n) is 8.13. The van der Waals surface area contributed by atoms with Gasteiger partial charge in [-0.3, -0.25) is 13.8 Å². The first kappa shape index (κ1) is 22.7. The molecule has 2 fully saturated rings. The number of likely N-dealkylation sites (N-methyl/N-ethyl adjacent to an activating group) is 1. The summed E-state index contributed by atoms with van der Waals surface area (Å²) in [5.74, 6) is 0.710. The molecule has 2 amide bonds. The van der Waals surface area contributed by atoms with E-state index in [1.54, 1.807) is 12.4 Å². The summed E-state index contributed by atoms with van der Waals surface area (Å²) in [5, 5.41) is 11.7. The fourth-order valence-electron chi connectivity index (χ4n) is 4.19. The highest BCUT2D eigenvalue weighted by Crippen LogP contribution is 2.32. The lowest BCUT2D eigenvalue weighted by molar-refractivity contribution is -0.125. The summed E-state index contributed by atoms with van der Waals surface area (Å²) in [4.78, 5) is 31.3. The molecule has 0 bridgehead atoms. The Hall–Kier alpha value is -2.50. The van der Waals surface area contributed by atoms with E-state index in [1.165, 1.54) is 11.3 Å². The number of amides is 2. The van der Waals surface area contributed by atoms with Crippen molar-refractivity contribution in [3.05, 3.63) is 35.3 Å². The van der Waals surface area contributed by atoms with Gasteiger partial charge in [0.2, 0.25) is 5.91 Å². The number of nitrogens with one attached hydrogen (secondary N) is 3. The Kier molecular flexibility index (Phi) is 6.77. The number of benzene rings is 1. The molecule has 9 nitrogen and oxygen atoms in total. The van der Waals surface area contributed by atoms with Crippen molar-refractivity contribution in [2.24, 2.45) is 5.73 Å². The van der Waals surface area contributed by atoms with Crippen LogP contribution in [0.1, 0.15) is 29.8 Å². The monoisotopic (exact) mass is 476 g/mol. The molecule has 2 aliphatic rings. The molecule has 11 heteroatoms. The molecule has 1 aromatic carbocycles. The number of nitrogens with two attached hydrogens (primary N) is 1. The lowest BCUT2D eigenvalue weighted by Crippen LogP contribution is -2.59. The number of para-hydroxylation sites is 2. The van der Waals surface area contributed by atoms with Crippen molar-refractivity contribution in [2.75, 3.05) is 47.2 Å². The molecule has 5 N–H and O–H groups in total. The van der Waals surface area contributed by atoms with E-state index in [4.69, 9.17) is 5.73 Å². The van der Waals surface area contributed by atoms with Crippen LogP contribution in [0.15, 0.2) is 29.6 Å². The molecule has 2 atom stereocenters. The van der Waals surface area contributed by atoms with Crippen LogP contribution in [0.3, 0.4) is 0 Å². The molecule has 2 unspecified atom stereocenters. The molecule has 0 aliphatic carbocycles. The quantitative estimate of drug-likeness (QED) is 0.475. The van der Waals surface area contributed by atoms with Crippen molar-refractivity contribution in [1.82, 2.24) is 10.3 Å². The lowest BCUT2D eigenvalue weighted by Gasteiger charge is -2.41. The number of aromatic nitrogens is 1. The third-order valence-electron chi connectivity index (χ3n) is 6.21. The Bertz CT molecular complexity index is 1020. The van der Waals surface area contributed by atoms with Gasteiger partial charge in [-0.05, 0) is 38.4 Å². The average molecular weight is 477 g/mol. The highest BCUT2D eigenvalue weighted by Gasteiger charge is 2.38. The molecule has 3 heterocycles. The van der Waals surface area contributed by atoms with Gasteiger partial charge in [0, 0.05) is 46.8 Å². The molecule has 172 valence electrons. The van der Waals surface area contributed by atoms with Crippen molar-refractivity contribution >= 4 is 50.5 Å². The Morgan fingerprint density at radius 2 is 2.03 bits per heavy atom. The number of piperidine rings is 1. The van der Waals surface area contributed by atoms with Gasteiger partial charge in [-0.25, -0.2) is 4.98 Å². The summed E-state index contributed by atoms with van der Waals surface area (Å²) < 4.78 is 11.6. The largest absolute Gasteiger partial charge is 0.370 e. The van der Waals surface area contributed by atoms with Gasteiger partial charge in [0.25, 0.3) is 5.91 Å². The minimum absolute atomic E-state index is 0.142. The second-order valence-corrected chi connectivity index (χ2v) is 10.6. The van der Waals surface area contributed by atoms with E-state index in [1.807, 2.05) is 24.3 Å². The van der Waals surface area contributed by atoms with Gasteiger partial charge >= 0.3 is 0 Å². The van der Waals surface area contributed by atoms with Crippen molar-refractivity contribution < 1.29 is 13.8 Å². The summed E-state index contributed by atoms with van der Waals surface area (Å²) >= 11 is 1.37. The van der Waals surface area contributed by atoms with Crippen LogP contribution >= 0.6 is 11.3 Å². The van der Waals surface area contributed by atoms with Gasteiger partial charge < -0.3 is 26.6 Å². The lowest BCUT2D eigenvalue weighted by atomic mass is 9.86. The van der Waals surface area contributed by atoms with Gasteiger partial charge in [-0.2, -0.15) is 0 Å². The van der Waals surface area contributed by atoms with Crippen LogP contribution in [0.25, 0.3) is 0 Å². The van der Waals surface area contributed by atoms with Gasteiger partial charge in [0.1, 0.15) is 11.2 Å². The van der Waals surface area contributed by atoms with E-state index < -0.39 is 16.3 Å². The molecule has 2 aliphatic heterocycles. The number of nitrogens with zero attached hydrogens (tertiary/aromatic N) is 2. The summed E-state index contributed by atoms with van der Waals surface area (Å²) in [6, 6.07) is 7.76. The molecule has 2 saturated heterocycles. The fourth-order valence-corrected chi connectivity index (χ4v) is 6.37. The van der Waals surface area contributed by atoms with Crippen molar-refractivity contribution in [3.8, 4) is 0 Å². The van der Waals surface area contributed by atoms with E-state index in [-0.39, 0.29) is 17.9 Å². The van der Waals surface area contributed by atoms with Crippen LogP contribution in [0.4, 0.5) is 16.5 Å². The van der Waals surface area contributed by atoms with Crippen LogP contribution in [0, 0.1) is 0 Å². The number of primary amides is 1. The maximum absolute atomic E-state index is 12.9. The van der Waals surface area contributed by atoms with Crippen molar-refractivity contribution in [3.63, 3.8) is 0 Å². The number of carbonyl (C=O) groups is 2. The molecule has 2 aromatic rings. The van der Waals surface area contributed by atoms with E-state index in [0.717, 1.165) is 12.1 Å². The second kappa shape index (κ2) is 9.55. The molecule has 4 rings (SSSR count). The topological polar surface area (TPSA) is 129 Å². The van der Waals surface area contributed by atoms with Gasteiger partial charge in [0.15, 0.2) is 5.13 Å². The minimum Gasteiger partial charge on any atom is -0.370 e.